The fraction of sp³-hybridized carbons (Fsp3) is 0.281. The van der Waals surface area contributed by atoms with Gasteiger partial charge in [-0.25, -0.2) is 19.9 Å². The van der Waals surface area contributed by atoms with Crippen molar-refractivity contribution in [3.63, 3.8) is 0 Å². The van der Waals surface area contributed by atoms with Crippen LogP contribution in [0, 0.1) is 6.92 Å². The number of aryl methyl sites for hydroxylation is 1. The number of pyridine rings is 1. The molecule has 12 heteroatoms. The third-order valence-corrected chi connectivity index (χ3v) is 8.91. The second-order valence-electron chi connectivity index (χ2n) is 10.8. The van der Waals surface area contributed by atoms with Crippen molar-refractivity contribution >= 4 is 39.2 Å². The normalized spacial score (nSPS) is 15.7. The van der Waals surface area contributed by atoms with Crippen molar-refractivity contribution in [1.82, 2.24) is 39.3 Å². The zero-order chi connectivity index (χ0) is 30.2. The molecule has 1 aliphatic rings. The summed E-state index contributed by atoms with van der Waals surface area (Å²) in [4.78, 5) is 40.6. The molecule has 6 aromatic rings. The van der Waals surface area contributed by atoms with Crippen LogP contribution in [0.3, 0.4) is 0 Å². The standard InChI is InChI=1S/C32H32N8O3S/c1-20-35-25-9-8-22(42-2)15-27(25)40(20)19-30(41)39-12-11-38(18-29-33-10-13-44-29)17-28(39)31-34-16-26(36-31)23-14-21-6-4-5-7-24(21)37-32(23)43-3/h4-10,13-16,28H,11-12,17-19H2,1-3H3,(H,34,36). The number of carbonyl (C=O) groups excluding carboxylic acids is 1. The predicted molar refractivity (Wildman–Crippen MR) is 169 cm³/mol. The van der Waals surface area contributed by atoms with Crippen LogP contribution in [0.25, 0.3) is 33.2 Å². The summed E-state index contributed by atoms with van der Waals surface area (Å²) in [7, 11) is 3.25. The Kier molecular flexibility index (Phi) is 7.44. The number of rotatable bonds is 8. The largest absolute Gasteiger partial charge is 0.497 e. The van der Waals surface area contributed by atoms with Crippen LogP contribution in [0.1, 0.15) is 22.7 Å². The van der Waals surface area contributed by atoms with Crippen LogP contribution in [-0.2, 0) is 17.9 Å². The minimum absolute atomic E-state index is 0.00276. The van der Waals surface area contributed by atoms with Gasteiger partial charge in [0.15, 0.2) is 0 Å². The molecule has 1 fully saturated rings. The molecule has 0 saturated carbocycles. The van der Waals surface area contributed by atoms with Crippen molar-refractivity contribution in [1.29, 1.82) is 0 Å². The number of amides is 1. The van der Waals surface area contributed by atoms with Crippen LogP contribution in [-0.4, -0.2) is 79.0 Å². The number of carbonyl (C=O) groups is 1. The monoisotopic (exact) mass is 608 g/mol. The Labute approximate surface area is 258 Å². The lowest BCUT2D eigenvalue weighted by molar-refractivity contribution is -0.137. The van der Waals surface area contributed by atoms with Crippen LogP contribution in [0.15, 0.2) is 66.3 Å². The third kappa shape index (κ3) is 5.26. The molecule has 1 saturated heterocycles. The van der Waals surface area contributed by atoms with Crippen LogP contribution < -0.4 is 9.47 Å². The van der Waals surface area contributed by atoms with Gasteiger partial charge in [-0.1, -0.05) is 18.2 Å². The molecular weight excluding hydrogens is 576 g/mol. The van der Waals surface area contributed by atoms with Crippen molar-refractivity contribution in [3.05, 3.63) is 83.0 Å². The second kappa shape index (κ2) is 11.7. The average Bonchev–Trinajstić information content (AvgIpc) is 3.81. The smallest absolute Gasteiger partial charge is 0.243 e. The highest BCUT2D eigenvalue weighted by Gasteiger charge is 2.34. The number of aromatic nitrogens is 6. The van der Waals surface area contributed by atoms with Crippen molar-refractivity contribution in [3.8, 4) is 22.9 Å². The number of aromatic amines is 1. The lowest BCUT2D eigenvalue weighted by Gasteiger charge is -2.40. The van der Waals surface area contributed by atoms with E-state index in [9.17, 15) is 4.79 Å². The summed E-state index contributed by atoms with van der Waals surface area (Å²) in [6.07, 6.45) is 3.62. The van der Waals surface area contributed by atoms with Crippen LogP contribution >= 0.6 is 11.3 Å². The van der Waals surface area contributed by atoms with E-state index < -0.39 is 0 Å². The Balaban J connectivity index is 1.22. The number of methoxy groups -OCH3 is 2. The Morgan fingerprint density at radius 2 is 1.93 bits per heavy atom. The minimum Gasteiger partial charge on any atom is -0.497 e. The van der Waals surface area contributed by atoms with E-state index >= 15 is 0 Å². The van der Waals surface area contributed by atoms with E-state index in [0.717, 1.165) is 62.9 Å². The molecule has 1 unspecified atom stereocenters. The van der Waals surface area contributed by atoms with Crippen molar-refractivity contribution in [2.24, 2.45) is 0 Å². The molecule has 4 aromatic heterocycles. The number of fused-ring (bicyclic) bond motifs is 2. The number of hydrogen-bond acceptors (Lipinski definition) is 9. The SMILES string of the molecule is COc1ccc2nc(C)n(CC(=O)N3CCN(Cc4nccs4)CC3c3ncc(-c4cc5ccccc5nc4OC)[nH]3)c2c1. The Bertz CT molecular complexity index is 1950. The van der Waals surface area contributed by atoms with E-state index in [1.165, 1.54) is 0 Å². The summed E-state index contributed by atoms with van der Waals surface area (Å²) in [6.45, 7) is 4.71. The Morgan fingerprint density at radius 3 is 2.75 bits per heavy atom. The minimum atomic E-state index is -0.297. The number of H-pyrrole nitrogens is 1. The maximum absolute atomic E-state index is 14.1. The number of benzene rings is 2. The highest BCUT2D eigenvalue weighted by Crippen LogP contribution is 2.33. The molecule has 1 amide bonds. The lowest BCUT2D eigenvalue weighted by Crippen LogP contribution is -2.51. The highest BCUT2D eigenvalue weighted by molar-refractivity contribution is 7.09. The van der Waals surface area contributed by atoms with Crippen LogP contribution in [0.4, 0.5) is 0 Å². The molecule has 0 spiro atoms. The summed E-state index contributed by atoms with van der Waals surface area (Å²) >= 11 is 1.64. The van der Waals surface area contributed by atoms with E-state index in [0.29, 0.717) is 24.8 Å². The van der Waals surface area contributed by atoms with Gasteiger partial charge in [0.2, 0.25) is 11.8 Å². The van der Waals surface area contributed by atoms with Crippen LogP contribution in [0.2, 0.25) is 0 Å². The molecule has 2 aromatic carbocycles. The first-order chi connectivity index (χ1) is 21.5. The van der Waals surface area contributed by atoms with E-state index in [1.54, 1.807) is 31.8 Å². The van der Waals surface area contributed by atoms with E-state index in [-0.39, 0.29) is 18.5 Å². The van der Waals surface area contributed by atoms with Gasteiger partial charge in [0.25, 0.3) is 0 Å². The van der Waals surface area contributed by atoms with Gasteiger partial charge < -0.3 is 23.9 Å². The first kappa shape index (κ1) is 28.0. The molecule has 0 aliphatic carbocycles. The Hall–Kier alpha value is -4.81. The Morgan fingerprint density at radius 1 is 1.05 bits per heavy atom. The number of nitrogens with one attached hydrogen (secondary N) is 1. The lowest BCUT2D eigenvalue weighted by atomic mass is 10.1. The molecule has 5 heterocycles. The average molecular weight is 609 g/mol. The van der Waals surface area contributed by atoms with Gasteiger partial charge in [0.05, 0.1) is 54.8 Å². The van der Waals surface area contributed by atoms with Gasteiger partial charge in [-0.2, -0.15) is 0 Å². The number of imidazole rings is 2. The van der Waals surface area contributed by atoms with E-state index in [2.05, 4.69) is 25.9 Å². The van der Waals surface area contributed by atoms with Crippen molar-refractivity contribution in [2.75, 3.05) is 33.9 Å². The number of hydrogen-bond donors (Lipinski definition) is 1. The summed E-state index contributed by atoms with van der Waals surface area (Å²) in [5.74, 6) is 2.72. The molecule has 1 atom stereocenters. The summed E-state index contributed by atoms with van der Waals surface area (Å²) in [5.41, 5.74) is 4.14. The molecule has 0 radical (unpaired) electrons. The third-order valence-electron chi connectivity index (χ3n) is 8.15. The summed E-state index contributed by atoms with van der Waals surface area (Å²) in [6, 6.07) is 15.4. The first-order valence-corrected chi connectivity index (χ1v) is 15.3. The van der Waals surface area contributed by atoms with Crippen LogP contribution in [0.5, 0.6) is 11.6 Å². The molecular formula is C32H32N8O3S. The maximum atomic E-state index is 14.1. The number of thiazole rings is 1. The number of nitrogens with zero attached hydrogens (tertiary/aromatic N) is 7. The zero-order valence-corrected chi connectivity index (χ0v) is 25.5. The van der Waals surface area contributed by atoms with Crippen molar-refractivity contribution < 1.29 is 14.3 Å². The molecule has 11 nitrogen and oxygen atoms in total. The highest BCUT2D eigenvalue weighted by atomic mass is 32.1. The molecule has 224 valence electrons. The molecule has 44 heavy (non-hydrogen) atoms. The fourth-order valence-corrected chi connectivity index (χ4v) is 6.56. The molecule has 1 N–H and O–H groups in total. The van der Waals surface area contributed by atoms with Gasteiger partial charge in [-0.15, -0.1) is 11.3 Å². The second-order valence-corrected chi connectivity index (χ2v) is 11.8. The van der Waals surface area contributed by atoms with Gasteiger partial charge in [-0.05, 0) is 31.2 Å². The van der Waals surface area contributed by atoms with Gasteiger partial charge in [0.1, 0.15) is 35.0 Å². The molecule has 7 rings (SSSR count). The number of para-hydroxylation sites is 1. The first-order valence-electron chi connectivity index (χ1n) is 14.4. The zero-order valence-electron chi connectivity index (χ0n) is 24.7. The fourth-order valence-electron chi connectivity index (χ4n) is 5.90. The topological polar surface area (TPSA) is 114 Å². The van der Waals surface area contributed by atoms with Gasteiger partial charge in [0, 0.05) is 42.7 Å². The predicted octanol–water partition coefficient (Wildman–Crippen LogP) is 4.84. The maximum Gasteiger partial charge on any atom is 0.243 e. The van der Waals surface area contributed by atoms with Gasteiger partial charge in [-0.3, -0.25) is 9.69 Å². The quantitative estimate of drug-likeness (QED) is 0.261. The summed E-state index contributed by atoms with van der Waals surface area (Å²) in [5, 5.41) is 4.04. The van der Waals surface area contributed by atoms with Gasteiger partial charge >= 0.3 is 0 Å². The summed E-state index contributed by atoms with van der Waals surface area (Å²) < 4.78 is 13.1. The number of piperazine rings is 1. The molecule has 0 bridgehead atoms. The van der Waals surface area contributed by atoms with Crippen molar-refractivity contribution in [2.45, 2.75) is 26.1 Å². The van der Waals surface area contributed by atoms with E-state index in [4.69, 9.17) is 19.4 Å². The molecule has 1 aliphatic heterocycles. The number of ether oxygens (including phenoxy) is 2. The van der Waals surface area contributed by atoms with E-state index in [1.807, 2.05) is 70.4 Å².